The Labute approximate surface area is 119 Å². The van der Waals surface area contributed by atoms with Crippen LogP contribution in [-0.2, 0) is 6.54 Å². The van der Waals surface area contributed by atoms with E-state index in [-0.39, 0.29) is 0 Å². The normalized spacial score (nSPS) is 12.9. The first-order valence-electron chi connectivity index (χ1n) is 7.99. The van der Waals surface area contributed by atoms with Crippen molar-refractivity contribution in [3.05, 3.63) is 35.4 Å². The molecule has 0 aliphatic heterocycles. The second-order valence-electron chi connectivity index (χ2n) is 5.91. The van der Waals surface area contributed by atoms with Gasteiger partial charge in [0, 0.05) is 12.6 Å². The molecule has 0 bridgehead atoms. The maximum absolute atomic E-state index is 3.72. The van der Waals surface area contributed by atoms with E-state index in [1.165, 1.54) is 43.2 Å². The molecule has 1 N–H and O–H groups in total. The van der Waals surface area contributed by atoms with Crippen molar-refractivity contribution in [3.8, 4) is 0 Å². The zero-order chi connectivity index (χ0) is 14.1. The average Bonchev–Trinajstić information content (AvgIpc) is 2.42. The SMILES string of the molecule is CCCCC(CCC)NCc1ccc(C(C)C)cc1. The Balaban J connectivity index is 2.44. The Morgan fingerprint density at radius 1 is 0.947 bits per heavy atom. The Kier molecular flexibility index (Phi) is 7.81. The molecule has 1 aromatic rings. The van der Waals surface area contributed by atoms with E-state index in [4.69, 9.17) is 0 Å². The molecule has 0 amide bonds. The fraction of sp³-hybridized carbons (Fsp3) is 0.667. The van der Waals surface area contributed by atoms with Crippen LogP contribution in [0.15, 0.2) is 24.3 Å². The Bertz CT molecular complexity index is 326. The maximum Gasteiger partial charge on any atom is 0.0208 e. The summed E-state index contributed by atoms with van der Waals surface area (Å²) in [7, 11) is 0. The number of hydrogen-bond acceptors (Lipinski definition) is 1. The van der Waals surface area contributed by atoms with Crippen LogP contribution in [0, 0.1) is 0 Å². The Morgan fingerprint density at radius 3 is 2.16 bits per heavy atom. The lowest BCUT2D eigenvalue weighted by Crippen LogP contribution is -2.28. The average molecular weight is 261 g/mol. The molecule has 1 atom stereocenters. The largest absolute Gasteiger partial charge is 0.310 e. The summed E-state index contributed by atoms with van der Waals surface area (Å²) in [6.07, 6.45) is 6.51. The van der Waals surface area contributed by atoms with E-state index in [0.717, 1.165) is 6.54 Å². The lowest BCUT2D eigenvalue weighted by Gasteiger charge is -2.18. The zero-order valence-corrected chi connectivity index (χ0v) is 13.2. The summed E-state index contributed by atoms with van der Waals surface area (Å²) in [6, 6.07) is 9.76. The van der Waals surface area contributed by atoms with Crippen molar-refractivity contribution in [2.24, 2.45) is 0 Å². The molecule has 1 rings (SSSR count). The number of hydrogen-bond donors (Lipinski definition) is 1. The van der Waals surface area contributed by atoms with Crippen LogP contribution < -0.4 is 5.32 Å². The first-order chi connectivity index (χ1) is 9.17. The minimum Gasteiger partial charge on any atom is -0.310 e. The molecule has 19 heavy (non-hydrogen) atoms. The molecule has 1 unspecified atom stereocenters. The fourth-order valence-corrected chi connectivity index (χ4v) is 2.43. The summed E-state index contributed by atoms with van der Waals surface area (Å²) in [4.78, 5) is 0. The molecule has 0 saturated carbocycles. The van der Waals surface area contributed by atoms with Gasteiger partial charge in [0.2, 0.25) is 0 Å². The van der Waals surface area contributed by atoms with Crippen molar-refractivity contribution in [2.45, 2.75) is 78.3 Å². The van der Waals surface area contributed by atoms with Gasteiger partial charge >= 0.3 is 0 Å². The van der Waals surface area contributed by atoms with Crippen LogP contribution in [-0.4, -0.2) is 6.04 Å². The van der Waals surface area contributed by atoms with Crippen molar-refractivity contribution in [1.29, 1.82) is 0 Å². The summed E-state index contributed by atoms with van der Waals surface area (Å²) in [5.41, 5.74) is 2.84. The van der Waals surface area contributed by atoms with Crippen LogP contribution in [0.5, 0.6) is 0 Å². The van der Waals surface area contributed by atoms with Crippen molar-refractivity contribution in [2.75, 3.05) is 0 Å². The molecule has 0 fully saturated rings. The van der Waals surface area contributed by atoms with E-state index >= 15 is 0 Å². The molecule has 0 radical (unpaired) electrons. The summed E-state index contributed by atoms with van der Waals surface area (Å²) < 4.78 is 0. The number of rotatable bonds is 9. The topological polar surface area (TPSA) is 12.0 Å². The van der Waals surface area contributed by atoms with Gasteiger partial charge in [-0.2, -0.15) is 0 Å². The smallest absolute Gasteiger partial charge is 0.0208 e. The van der Waals surface area contributed by atoms with E-state index in [9.17, 15) is 0 Å². The zero-order valence-electron chi connectivity index (χ0n) is 13.2. The van der Waals surface area contributed by atoms with Gasteiger partial charge in [-0.25, -0.2) is 0 Å². The van der Waals surface area contributed by atoms with Gasteiger partial charge in [-0.3, -0.25) is 0 Å². The highest BCUT2D eigenvalue weighted by molar-refractivity contribution is 5.24. The standard InChI is InChI=1S/C18H31N/c1-5-7-9-18(8-6-2)19-14-16-10-12-17(13-11-16)15(3)4/h10-13,15,18-19H,5-9,14H2,1-4H3. The molecular weight excluding hydrogens is 230 g/mol. The van der Waals surface area contributed by atoms with Crippen LogP contribution in [0.3, 0.4) is 0 Å². The van der Waals surface area contributed by atoms with Crippen molar-refractivity contribution in [1.82, 2.24) is 5.32 Å². The molecule has 1 nitrogen and oxygen atoms in total. The predicted octanol–water partition coefficient (Wildman–Crippen LogP) is 5.26. The molecule has 1 aromatic carbocycles. The van der Waals surface area contributed by atoms with E-state index < -0.39 is 0 Å². The molecule has 0 heterocycles. The second-order valence-corrected chi connectivity index (χ2v) is 5.91. The summed E-state index contributed by atoms with van der Waals surface area (Å²) in [5.74, 6) is 0.624. The maximum atomic E-state index is 3.72. The lowest BCUT2D eigenvalue weighted by atomic mass is 10.0. The van der Waals surface area contributed by atoms with Crippen molar-refractivity contribution in [3.63, 3.8) is 0 Å². The third-order valence-corrected chi connectivity index (χ3v) is 3.78. The number of unbranched alkanes of at least 4 members (excludes halogenated alkanes) is 1. The van der Waals surface area contributed by atoms with Crippen LogP contribution in [0.1, 0.15) is 76.8 Å². The highest BCUT2D eigenvalue weighted by atomic mass is 14.9. The van der Waals surface area contributed by atoms with E-state index in [1.54, 1.807) is 0 Å². The van der Waals surface area contributed by atoms with Gasteiger partial charge in [0.25, 0.3) is 0 Å². The van der Waals surface area contributed by atoms with Crippen LogP contribution in [0.4, 0.5) is 0 Å². The minimum absolute atomic E-state index is 0.624. The monoisotopic (exact) mass is 261 g/mol. The molecule has 0 saturated heterocycles. The molecule has 0 spiro atoms. The molecule has 108 valence electrons. The molecule has 1 heteroatoms. The summed E-state index contributed by atoms with van der Waals surface area (Å²) in [6.45, 7) is 10.0. The summed E-state index contributed by atoms with van der Waals surface area (Å²) >= 11 is 0. The van der Waals surface area contributed by atoms with E-state index in [1.807, 2.05) is 0 Å². The molecule has 0 aliphatic rings. The van der Waals surface area contributed by atoms with Gasteiger partial charge in [-0.1, -0.05) is 71.2 Å². The summed E-state index contributed by atoms with van der Waals surface area (Å²) in [5, 5.41) is 3.72. The van der Waals surface area contributed by atoms with E-state index in [0.29, 0.717) is 12.0 Å². The highest BCUT2D eigenvalue weighted by Crippen LogP contribution is 2.15. The van der Waals surface area contributed by atoms with Gasteiger partial charge in [0.05, 0.1) is 0 Å². The molecule has 0 aromatic heterocycles. The van der Waals surface area contributed by atoms with Gasteiger partial charge in [0.15, 0.2) is 0 Å². The lowest BCUT2D eigenvalue weighted by molar-refractivity contribution is 0.434. The van der Waals surface area contributed by atoms with Gasteiger partial charge in [-0.15, -0.1) is 0 Å². The molecular formula is C18H31N. The van der Waals surface area contributed by atoms with Crippen molar-refractivity contribution >= 4 is 0 Å². The van der Waals surface area contributed by atoms with Gasteiger partial charge < -0.3 is 5.32 Å². The second kappa shape index (κ2) is 9.14. The first-order valence-corrected chi connectivity index (χ1v) is 7.99. The quantitative estimate of drug-likeness (QED) is 0.639. The third-order valence-electron chi connectivity index (χ3n) is 3.78. The number of nitrogens with one attached hydrogen (secondary N) is 1. The van der Waals surface area contributed by atoms with Gasteiger partial charge in [-0.05, 0) is 29.9 Å². The van der Waals surface area contributed by atoms with Gasteiger partial charge in [0.1, 0.15) is 0 Å². The van der Waals surface area contributed by atoms with Crippen LogP contribution in [0.2, 0.25) is 0 Å². The van der Waals surface area contributed by atoms with Crippen LogP contribution in [0.25, 0.3) is 0 Å². The van der Waals surface area contributed by atoms with Crippen LogP contribution >= 0.6 is 0 Å². The highest BCUT2D eigenvalue weighted by Gasteiger charge is 2.06. The van der Waals surface area contributed by atoms with Crippen molar-refractivity contribution < 1.29 is 0 Å². The first kappa shape index (κ1) is 16.2. The minimum atomic E-state index is 0.624. The predicted molar refractivity (Wildman–Crippen MR) is 85.6 cm³/mol. The fourth-order valence-electron chi connectivity index (χ4n) is 2.43. The Morgan fingerprint density at radius 2 is 1.63 bits per heavy atom. The Hall–Kier alpha value is -0.820. The number of benzene rings is 1. The van der Waals surface area contributed by atoms with E-state index in [2.05, 4.69) is 57.3 Å². The third kappa shape index (κ3) is 6.24. The molecule has 0 aliphatic carbocycles.